The van der Waals surface area contributed by atoms with Crippen molar-refractivity contribution >= 4 is 38.4 Å². The lowest BCUT2D eigenvalue weighted by Crippen LogP contribution is -2.31. The molecule has 0 spiro atoms. The molecule has 26 heavy (non-hydrogen) atoms. The van der Waals surface area contributed by atoms with Crippen LogP contribution in [0.1, 0.15) is 29.5 Å². The molecule has 0 radical (unpaired) electrons. The molecule has 1 amide bonds. The van der Waals surface area contributed by atoms with Crippen LogP contribution in [0.4, 0.5) is 0 Å². The molecule has 130 valence electrons. The Balaban J connectivity index is 1.42. The van der Waals surface area contributed by atoms with Gasteiger partial charge in [0.25, 0.3) is 0 Å². The standard InChI is InChI=1S/C21H19N3OS/c25-20(12-14-13-22-16-7-2-1-6-15(14)16)24-11-5-9-18(24)21-23-17-8-3-4-10-19(17)26-21/h1-4,6-8,10,13,18,22H,5,9,11-12H2/t18-/m1/s1. The number of benzene rings is 2. The first-order chi connectivity index (χ1) is 12.8. The maximum Gasteiger partial charge on any atom is 0.227 e. The van der Waals surface area contributed by atoms with E-state index in [1.807, 2.05) is 47.5 Å². The topological polar surface area (TPSA) is 49.0 Å². The zero-order valence-electron chi connectivity index (χ0n) is 14.3. The normalized spacial score (nSPS) is 17.4. The van der Waals surface area contributed by atoms with Gasteiger partial charge in [0.2, 0.25) is 5.91 Å². The van der Waals surface area contributed by atoms with Crippen LogP contribution in [0.25, 0.3) is 21.1 Å². The van der Waals surface area contributed by atoms with E-state index in [-0.39, 0.29) is 11.9 Å². The molecule has 5 rings (SSSR count). The first-order valence-corrected chi connectivity index (χ1v) is 9.81. The highest BCUT2D eigenvalue weighted by Gasteiger charge is 2.32. The summed E-state index contributed by atoms with van der Waals surface area (Å²) in [5.41, 5.74) is 3.18. The van der Waals surface area contributed by atoms with Gasteiger partial charge in [0, 0.05) is 23.6 Å². The highest BCUT2D eigenvalue weighted by Crippen LogP contribution is 2.37. The number of aromatic nitrogens is 2. The minimum atomic E-state index is 0.116. The highest BCUT2D eigenvalue weighted by molar-refractivity contribution is 7.18. The number of amides is 1. The van der Waals surface area contributed by atoms with Crippen LogP contribution in [0, 0.1) is 0 Å². The summed E-state index contributed by atoms with van der Waals surface area (Å²) in [5.74, 6) is 0.191. The number of fused-ring (bicyclic) bond motifs is 2. The van der Waals surface area contributed by atoms with Gasteiger partial charge in [-0.25, -0.2) is 4.98 Å². The maximum absolute atomic E-state index is 13.0. The van der Waals surface area contributed by atoms with Crippen LogP contribution in [0.5, 0.6) is 0 Å². The van der Waals surface area contributed by atoms with Gasteiger partial charge in [-0.05, 0) is 36.6 Å². The molecule has 4 nitrogen and oxygen atoms in total. The molecule has 1 aliphatic rings. The minimum absolute atomic E-state index is 0.116. The zero-order chi connectivity index (χ0) is 17.5. The van der Waals surface area contributed by atoms with E-state index in [0.717, 1.165) is 46.4 Å². The van der Waals surface area contributed by atoms with Crippen molar-refractivity contribution in [1.29, 1.82) is 0 Å². The van der Waals surface area contributed by atoms with Crippen molar-refractivity contribution in [3.63, 3.8) is 0 Å². The van der Waals surface area contributed by atoms with Crippen molar-refractivity contribution in [2.45, 2.75) is 25.3 Å². The van der Waals surface area contributed by atoms with Gasteiger partial charge in [0.15, 0.2) is 0 Å². The summed E-state index contributed by atoms with van der Waals surface area (Å²) in [7, 11) is 0. The van der Waals surface area contributed by atoms with Gasteiger partial charge in [0.05, 0.1) is 22.7 Å². The van der Waals surface area contributed by atoms with Crippen molar-refractivity contribution in [2.75, 3.05) is 6.54 Å². The Morgan fingerprint density at radius 3 is 2.96 bits per heavy atom. The Labute approximate surface area is 155 Å². The molecule has 0 saturated carbocycles. The van der Waals surface area contributed by atoms with E-state index in [9.17, 15) is 4.79 Å². The monoisotopic (exact) mass is 361 g/mol. The molecule has 1 fully saturated rings. The van der Waals surface area contributed by atoms with E-state index in [1.165, 1.54) is 4.70 Å². The fourth-order valence-corrected chi connectivity index (χ4v) is 5.01. The third-order valence-corrected chi connectivity index (χ3v) is 6.32. The van der Waals surface area contributed by atoms with E-state index in [1.54, 1.807) is 11.3 Å². The molecule has 1 atom stereocenters. The summed E-state index contributed by atoms with van der Waals surface area (Å²) < 4.78 is 1.19. The van der Waals surface area contributed by atoms with Crippen LogP contribution in [0.2, 0.25) is 0 Å². The number of carbonyl (C=O) groups excluding carboxylic acids is 1. The molecule has 0 bridgehead atoms. The number of para-hydroxylation sites is 2. The molecule has 0 unspecified atom stereocenters. The number of H-pyrrole nitrogens is 1. The molecular formula is C21H19N3OS. The van der Waals surface area contributed by atoms with Crippen LogP contribution in [0.15, 0.2) is 54.7 Å². The second-order valence-electron chi connectivity index (χ2n) is 6.80. The second kappa shape index (κ2) is 6.25. The van der Waals surface area contributed by atoms with E-state index in [0.29, 0.717) is 6.42 Å². The number of carbonyl (C=O) groups is 1. The van der Waals surface area contributed by atoms with Crippen molar-refractivity contribution < 1.29 is 4.79 Å². The molecule has 1 aliphatic heterocycles. The van der Waals surface area contributed by atoms with Crippen molar-refractivity contribution in [2.24, 2.45) is 0 Å². The number of nitrogens with one attached hydrogen (secondary N) is 1. The average molecular weight is 361 g/mol. The molecular weight excluding hydrogens is 342 g/mol. The van der Waals surface area contributed by atoms with Crippen LogP contribution in [-0.2, 0) is 11.2 Å². The smallest absolute Gasteiger partial charge is 0.227 e. The summed E-state index contributed by atoms with van der Waals surface area (Å²) >= 11 is 1.72. The van der Waals surface area contributed by atoms with E-state index >= 15 is 0 Å². The molecule has 4 aromatic rings. The van der Waals surface area contributed by atoms with E-state index < -0.39 is 0 Å². The molecule has 2 aromatic heterocycles. The Hall–Kier alpha value is -2.66. The first kappa shape index (κ1) is 15.6. The third kappa shape index (κ3) is 2.59. The second-order valence-corrected chi connectivity index (χ2v) is 7.86. The Bertz CT molecular complexity index is 1060. The lowest BCUT2D eigenvalue weighted by Gasteiger charge is -2.23. The van der Waals surface area contributed by atoms with Gasteiger partial charge >= 0.3 is 0 Å². The lowest BCUT2D eigenvalue weighted by atomic mass is 10.1. The van der Waals surface area contributed by atoms with Gasteiger partial charge in [0.1, 0.15) is 5.01 Å². The minimum Gasteiger partial charge on any atom is -0.361 e. The lowest BCUT2D eigenvalue weighted by molar-refractivity contribution is -0.131. The average Bonchev–Trinajstić information content (AvgIpc) is 3.39. The highest BCUT2D eigenvalue weighted by atomic mass is 32.1. The van der Waals surface area contributed by atoms with Crippen molar-refractivity contribution in [1.82, 2.24) is 14.9 Å². The summed E-state index contributed by atoms with van der Waals surface area (Å²) in [6.07, 6.45) is 4.44. The summed E-state index contributed by atoms with van der Waals surface area (Å²) in [5, 5.41) is 2.20. The number of hydrogen-bond donors (Lipinski definition) is 1. The molecule has 1 saturated heterocycles. The Kier molecular flexibility index (Phi) is 3.75. The zero-order valence-corrected chi connectivity index (χ0v) is 15.1. The summed E-state index contributed by atoms with van der Waals surface area (Å²) in [6.45, 7) is 0.821. The number of thiazole rings is 1. The van der Waals surface area contributed by atoms with Crippen molar-refractivity contribution in [3.05, 3.63) is 65.3 Å². The predicted octanol–water partition coefficient (Wildman–Crippen LogP) is 4.68. The van der Waals surface area contributed by atoms with Crippen LogP contribution >= 0.6 is 11.3 Å². The molecule has 0 aliphatic carbocycles. The van der Waals surface area contributed by atoms with Crippen LogP contribution < -0.4 is 0 Å². The number of aromatic amines is 1. The summed E-state index contributed by atoms with van der Waals surface area (Å²) in [4.78, 5) is 23.1. The number of likely N-dealkylation sites (tertiary alicyclic amines) is 1. The van der Waals surface area contributed by atoms with Gasteiger partial charge in [-0.1, -0.05) is 30.3 Å². The van der Waals surface area contributed by atoms with Crippen molar-refractivity contribution in [3.8, 4) is 0 Å². The maximum atomic E-state index is 13.0. The van der Waals surface area contributed by atoms with E-state index in [2.05, 4.69) is 17.1 Å². The van der Waals surface area contributed by atoms with Gasteiger partial charge < -0.3 is 9.88 Å². The van der Waals surface area contributed by atoms with Gasteiger partial charge in [-0.3, -0.25) is 4.79 Å². The molecule has 2 aromatic carbocycles. The number of hydrogen-bond acceptors (Lipinski definition) is 3. The van der Waals surface area contributed by atoms with Gasteiger partial charge in [-0.15, -0.1) is 11.3 Å². The molecule has 3 heterocycles. The van der Waals surface area contributed by atoms with Crippen LogP contribution in [0.3, 0.4) is 0 Å². The molecule has 5 heteroatoms. The quantitative estimate of drug-likeness (QED) is 0.576. The van der Waals surface area contributed by atoms with Gasteiger partial charge in [-0.2, -0.15) is 0 Å². The Morgan fingerprint density at radius 2 is 2.04 bits per heavy atom. The fraction of sp³-hybridized carbons (Fsp3) is 0.238. The Morgan fingerprint density at radius 1 is 1.19 bits per heavy atom. The number of rotatable bonds is 3. The number of nitrogens with zero attached hydrogens (tertiary/aromatic N) is 2. The van der Waals surface area contributed by atoms with Crippen LogP contribution in [-0.4, -0.2) is 27.3 Å². The third-order valence-electron chi connectivity index (χ3n) is 5.19. The predicted molar refractivity (Wildman–Crippen MR) is 105 cm³/mol. The fourth-order valence-electron chi connectivity index (χ4n) is 3.90. The van der Waals surface area contributed by atoms with E-state index in [4.69, 9.17) is 4.98 Å². The largest absolute Gasteiger partial charge is 0.361 e. The molecule has 1 N–H and O–H groups in total. The SMILES string of the molecule is O=C(Cc1c[nH]c2ccccc12)N1CCC[C@@H]1c1nc2ccccc2s1. The summed E-state index contributed by atoms with van der Waals surface area (Å²) in [6, 6.07) is 16.5. The first-order valence-electron chi connectivity index (χ1n) is 8.99.